The Kier molecular flexibility index (Phi) is 6.96. The summed E-state index contributed by atoms with van der Waals surface area (Å²) in [5, 5.41) is 4.50. The van der Waals surface area contributed by atoms with Gasteiger partial charge in [0, 0.05) is 31.7 Å². The van der Waals surface area contributed by atoms with Gasteiger partial charge in [-0.25, -0.2) is 13.2 Å². The molecule has 150 valence electrons. The second-order valence-corrected chi connectivity index (χ2v) is 8.59. The molecule has 3 N–H and O–H groups in total. The molecule has 1 aliphatic heterocycles. The SMILES string of the molecule is CCN(CC)S(=O)(=O)c1ccc([C@H](C)[NH2+][C@@H](C)C(=O)N2CCNC2=O)cc1. The second kappa shape index (κ2) is 8.81. The number of carbonyl (C=O) groups is 2. The smallest absolute Gasteiger partial charge is 0.324 e. The fourth-order valence-corrected chi connectivity index (χ4v) is 4.67. The number of carbonyl (C=O) groups excluding carboxylic acids is 2. The normalized spacial score (nSPS) is 17.1. The van der Waals surface area contributed by atoms with Crippen molar-refractivity contribution in [2.45, 2.75) is 44.7 Å². The number of hydrogen-bond donors (Lipinski definition) is 2. The molecule has 1 fully saturated rings. The summed E-state index contributed by atoms with van der Waals surface area (Å²) in [6.45, 7) is 9.06. The zero-order valence-corrected chi connectivity index (χ0v) is 17.1. The minimum Gasteiger partial charge on any atom is -0.336 e. The molecule has 1 saturated heterocycles. The van der Waals surface area contributed by atoms with E-state index in [2.05, 4.69) is 5.32 Å². The standard InChI is InChI=1S/C18H28N4O4S/c1-5-21(6-2)27(25,26)16-9-7-15(8-10-16)13(3)20-14(4)17(23)22-12-11-19-18(22)24/h7-10,13-14,20H,5-6,11-12H2,1-4H3,(H,19,24)/p+1/t13-,14-/m0/s1. The Bertz CT molecular complexity index is 775. The molecule has 0 bridgehead atoms. The third-order valence-corrected chi connectivity index (χ3v) is 6.90. The van der Waals surface area contributed by atoms with Crippen LogP contribution in [0.15, 0.2) is 29.2 Å². The summed E-state index contributed by atoms with van der Waals surface area (Å²) in [4.78, 5) is 25.5. The molecule has 0 aliphatic carbocycles. The van der Waals surface area contributed by atoms with E-state index in [4.69, 9.17) is 0 Å². The number of amides is 3. The van der Waals surface area contributed by atoms with Crippen LogP contribution >= 0.6 is 0 Å². The van der Waals surface area contributed by atoms with Gasteiger partial charge in [-0.15, -0.1) is 0 Å². The monoisotopic (exact) mass is 397 g/mol. The highest BCUT2D eigenvalue weighted by Crippen LogP contribution is 2.18. The van der Waals surface area contributed by atoms with Crippen LogP contribution in [0.2, 0.25) is 0 Å². The third-order valence-electron chi connectivity index (χ3n) is 4.84. The van der Waals surface area contributed by atoms with Crippen LogP contribution in [0.3, 0.4) is 0 Å². The second-order valence-electron chi connectivity index (χ2n) is 6.65. The predicted octanol–water partition coefficient (Wildman–Crippen LogP) is 0.282. The Morgan fingerprint density at radius 2 is 1.81 bits per heavy atom. The molecule has 0 unspecified atom stereocenters. The molecule has 2 rings (SSSR count). The number of nitrogens with one attached hydrogen (secondary N) is 1. The summed E-state index contributed by atoms with van der Waals surface area (Å²) in [6.07, 6.45) is 0. The number of rotatable bonds is 8. The van der Waals surface area contributed by atoms with Gasteiger partial charge in [0.15, 0.2) is 6.04 Å². The molecule has 1 aliphatic rings. The van der Waals surface area contributed by atoms with Crippen molar-refractivity contribution >= 4 is 22.0 Å². The van der Waals surface area contributed by atoms with Gasteiger partial charge in [0.25, 0.3) is 5.91 Å². The number of urea groups is 1. The van der Waals surface area contributed by atoms with E-state index in [0.29, 0.717) is 26.2 Å². The van der Waals surface area contributed by atoms with Gasteiger partial charge in [0.05, 0.1) is 4.90 Å². The Morgan fingerprint density at radius 3 is 2.30 bits per heavy atom. The minimum absolute atomic E-state index is 0.0557. The molecular formula is C18H29N4O4S+. The molecule has 0 saturated carbocycles. The number of sulfonamides is 1. The van der Waals surface area contributed by atoms with Crippen LogP contribution in [0.25, 0.3) is 0 Å². The van der Waals surface area contributed by atoms with Crippen LogP contribution in [-0.4, -0.2) is 61.8 Å². The molecule has 3 amide bonds. The summed E-state index contributed by atoms with van der Waals surface area (Å²) in [5.74, 6) is -0.224. The van der Waals surface area contributed by atoms with Crippen LogP contribution < -0.4 is 10.6 Å². The van der Waals surface area contributed by atoms with E-state index in [1.807, 2.05) is 26.1 Å². The molecule has 27 heavy (non-hydrogen) atoms. The number of nitrogens with zero attached hydrogens (tertiary/aromatic N) is 2. The zero-order valence-electron chi connectivity index (χ0n) is 16.3. The van der Waals surface area contributed by atoms with E-state index in [0.717, 1.165) is 5.56 Å². The fourth-order valence-electron chi connectivity index (χ4n) is 3.21. The van der Waals surface area contributed by atoms with Crippen molar-refractivity contribution < 1.29 is 23.3 Å². The first-order chi connectivity index (χ1) is 12.7. The Hall–Kier alpha value is -1.97. The summed E-state index contributed by atoms with van der Waals surface area (Å²) < 4.78 is 26.5. The highest BCUT2D eigenvalue weighted by atomic mass is 32.2. The molecule has 0 aromatic heterocycles. The molecule has 1 aromatic rings. The number of imide groups is 1. The maximum atomic E-state index is 12.6. The summed E-state index contributed by atoms with van der Waals surface area (Å²) in [6, 6.07) is 5.94. The molecule has 2 atom stereocenters. The lowest BCUT2D eigenvalue weighted by Gasteiger charge is -2.21. The fraction of sp³-hybridized carbons (Fsp3) is 0.556. The molecule has 1 heterocycles. The first kappa shape index (κ1) is 21.3. The lowest BCUT2D eigenvalue weighted by atomic mass is 10.1. The van der Waals surface area contributed by atoms with Crippen molar-refractivity contribution in [3.63, 3.8) is 0 Å². The van der Waals surface area contributed by atoms with E-state index in [9.17, 15) is 18.0 Å². The molecule has 1 aromatic carbocycles. The number of nitrogens with two attached hydrogens (primary N) is 1. The van der Waals surface area contributed by atoms with Crippen molar-refractivity contribution in [3.05, 3.63) is 29.8 Å². The largest absolute Gasteiger partial charge is 0.336 e. The van der Waals surface area contributed by atoms with Gasteiger partial charge in [-0.3, -0.25) is 9.69 Å². The van der Waals surface area contributed by atoms with Crippen LogP contribution in [0.1, 0.15) is 39.3 Å². The summed E-state index contributed by atoms with van der Waals surface area (Å²) in [5.41, 5.74) is 0.916. The van der Waals surface area contributed by atoms with Gasteiger partial charge < -0.3 is 10.6 Å². The predicted molar refractivity (Wildman–Crippen MR) is 101 cm³/mol. The number of hydrogen-bond acceptors (Lipinski definition) is 4. The van der Waals surface area contributed by atoms with Crippen LogP contribution in [0.5, 0.6) is 0 Å². The maximum absolute atomic E-state index is 12.6. The highest BCUT2D eigenvalue weighted by molar-refractivity contribution is 7.89. The average molecular weight is 398 g/mol. The molecule has 8 nitrogen and oxygen atoms in total. The van der Waals surface area contributed by atoms with Crippen molar-refractivity contribution in [3.8, 4) is 0 Å². The van der Waals surface area contributed by atoms with Gasteiger partial charge in [0.2, 0.25) is 10.0 Å². The summed E-state index contributed by atoms with van der Waals surface area (Å²) in [7, 11) is -3.48. The van der Waals surface area contributed by atoms with Crippen LogP contribution in [0.4, 0.5) is 4.79 Å². The van der Waals surface area contributed by atoms with Crippen molar-refractivity contribution in [2.24, 2.45) is 0 Å². The van der Waals surface area contributed by atoms with E-state index in [-0.39, 0.29) is 22.9 Å². The maximum Gasteiger partial charge on any atom is 0.324 e. The van der Waals surface area contributed by atoms with Crippen molar-refractivity contribution in [2.75, 3.05) is 26.2 Å². The summed E-state index contributed by atoms with van der Waals surface area (Å²) >= 11 is 0. The van der Waals surface area contributed by atoms with Gasteiger partial charge in [0.1, 0.15) is 6.04 Å². The molecular weight excluding hydrogens is 368 g/mol. The topological polar surface area (TPSA) is 103 Å². The molecule has 9 heteroatoms. The third kappa shape index (κ3) is 4.66. The quantitative estimate of drug-likeness (QED) is 0.658. The van der Waals surface area contributed by atoms with Gasteiger partial charge in [-0.1, -0.05) is 26.0 Å². The first-order valence-electron chi connectivity index (χ1n) is 9.26. The lowest BCUT2D eigenvalue weighted by molar-refractivity contribution is -0.710. The van der Waals surface area contributed by atoms with Gasteiger partial charge in [-0.05, 0) is 26.0 Å². The minimum atomic E-state index is -3.48. The van der Waals surface area contributed by atoms with E-state index in [1.165, 1.54) is 9.21 Å². The van der Waals surface area contributed by atoms with Gasteiger partial charge >= 0.3 is 6.03 Å². The number of benzene rings is 1. The average Bonchev–Trinajstić information content (AvgIpc) is 3.07. The van der Waals surface area contributed by atoms with Crippen LogP contribution in [0, 0.1) is 0 Å². The molecule has 0 spiro atoms. The van der Waals surface area contributed by atoms with E-state index < -0.39 is 16.1 Å². The van der Waals surface area contributed by atoms with Crippen molar-refractivity contribution in [1.29, 1.82) is 0 Å². The first-order valence-corrected chi connectivity index (χ1v) is 10.7. The Labute approximate surface area is 161 Å². The zero-order chi connectivity index (χ0) is 20.2. The highest BCUT2D eigenvalue weighted by Gasteiger charge is 2.32. The van der Waals surface area contributed by atoms with E-state index in [1.54, 1.807) is 31.2 Å². The van der Waals surface area contributed by atoms with Gasteiger partial charge in [-0.2, -0.15) is 4.31 Å². The van der Waals surface area contributed by atoms with Crippen LogP contribution in [-0.2, 0) is 14.8 Å². The number of quaternary nitrogens is 1. The Morgan fingerprint density at radius 1 is 1.22 bits per heavy atom. The Balaban J connectivity index is 2.06. The molecule has 0 radical (unpaired) electrons. The van der Waals surface area contributed by atoms with Crippen molar-refractivity contribution in [1.82, 2.24) is 14.5 Å². The van der Waals surface area contributed by atoms with E-state index >= 15 is 0 Å². The lowest BCUT2D eigenvalue weighted by Crippen LogP contribution is -2.92.